The van der Waals surface area contributed by atoms with Gasteiger partial charge in [0.2, 0.25) is 5.95 Å². The molecule has 0 N–H and O–H groups in total. The largest absolute Gasteiger partial charge is 0.285 e. The van der Waals surface area contributed by atoms with Crippen LogP contribution in [0.5, 0.6) is 0 Å². The number of aromatic nitrogens is 2. The molecule has 1 aromatic carbocycles. The van der Waals surface area contributed by atoms with Crippen molar-refractivity contribution >= 4 is 39.0 Å². The van der Waals surface area contributed by atoms with Crippen LogP contribution in [0.25, 0.3) is 0 Å². The number of hydrogen-bond acceptors (Lipinski definition) is 5. The van der Waals surface area contributed by atoms with Crippen LogP contribution < -0.4 is 4.90 Å². The van der Waals surface area contributed by atoms with E-state index in [0.29, 0.717) is 28.7 Å². The van der Waals surface area contributed by atoms with E-state index in [-0.39, 0.29) is 10.9 Å². The number of nitrogens with zero attached hydrogens (tertiary/aromatic N) is 4. The van der Waals surface area contributed by atoms with Crippen molar-refractivity contribution in [2.75, 3.05) is 11.2 Å². The van der Waals surface area contributed by atoms with E-state index in [2.05, 4.69) is 18.1 Å². The highest BCUT2D eigenvalue weighted by molar-refractivity contribution is 7.90. The van der Waals surface area contributed by atoms with E-state index in [4.69, 9.17) is 16.9 Å². The van der Waals surface area contributed by atoms with E-state index in [0.717, 1.165) is 23.8 Å². The van der Waals surface area contributed by atoms with E-state index in [1.165, 1.54) is 17.2 Å². The summed E-state index contributed by atoms with van der Waals surface area (Å²) in [6.07, 6.45) is 7.13. The molecular formula is C27H35ClN4O3S. The van der Waals surface area contributed by atoms with Crippen LogP contribution in [-0.2, 0) is 20.2 Å². The lowest BCUT2D eigenvalue weighted by Gasteiger charge is -2.26. The third-order valence-corrected chi connectivity index (χ3v) is 6.56. The summed E-state index contributed by atoms with van der Waals surface area (Å²) < 4.78 is 26.3. The standard InChI is InChI=1S/C20H24ClN3O3S.C5H5N.C2H6/c1-6-7-13(2)11-20(4)18(25)23(16-9-14(3)8-15(21)10-16)19-22-12-17(24(19)20)28(5,26)27;1-3-5(2)4-6;1-2/h7-10,12H,6,11H2,1-5H3;3H,1-2H2;1-2H3/b13-7+;;/t20-;;/m1../s1. The fourth-order valence-electron chi connectivity index (χ4n) is 3.88. The van der Waals surface area contributed by atoms with Crippen LogP contribution in [-0.4, -0.2) is 30.1 Å². The molecule has 3 rings (SSSR count). The predicted octanol–water partition coefficient (Wildman–Crippen LogP) is 6.67. The van der Waals surface area contributed by atoms with Gasteiger partial charge in [0.05, 0.1) is 18.0 Å². The van der Waals surface area contributed by atoms with Crippen molar-refractivity contribution in [2.24, 2.45) is 0 Å². The molecule has 1 atom stereocenters. The van der Waals surface area contributed by atoms with Gasteiger partial charge in [0.1, 0.15) is 5.54 Å². The average Bonchev–Trinajstić information content (AvgIpc) is 3.33. The molecule has 9 heteroatoms. The average molecular weight is 531 g/mol. The van der Waals surface area contributed by atoms with E-state index < -0.39 is 15.4 Å². The fraction of sp³-hybridized carbons (Fsp3) is 0.370. The highest BCUT2D eigenvalue weighted by Gasteiger charge is 2.51. The van der Waals surface area contributed by atoms with Crippen molar-refractivity contribution in [1.29, 1.82) is 5.26 Å². The molecule has 1 aliphatic rings. The molecule has 0 bridgehead atoms. The Hall–Kier alpha value is -3.15. The van der Waals surface area contributed by atoms with Crippen LogP contribution >= 0.6 is 11.6 Å². The Balaban J connectivity index is 0.000000710. The molecule has 1 aliphatic heterocycles. The summed E-state index contributed by atoms with van der Waals surface area (Å²) in [7, 11) is -3.57. The van der Waals surface area contributed by atoms with Crippen molar-refractivity contribution in [2.45, 2.75) is 64.9 Å². The van der Waals surface area contributed by atoms with E-state index in [1.54, 1.807) is 29.7 Å². The summed E-state index contributed by atoms with van der Waals surface area (Å²) in [5, 5.41) is 8.45. The Morgan fingerprint density at radius 1 is 1.31 bits per heavy atom. The van der Waals surface area contributed by atoms with Crippen molar-refractivity contribution in [1.82, 2.24) is 9.55 Å². The van der Waals surface area contributed by atoms with Crippen molar-refractivity contribution < 1.29 is 13.2 Å². The number of amides is 1. The zero-order valence-corrected chi connectivity index (χ0v) is 23.7. The van der Waals surface area contributed by atoms with Gasteiger partial charge in [-0.2, -0.15) is 5.26 Å². The molecule has 0 radical (unpaired) electrons. The Labute approximate surface area is 220 Å². The van der Waals surface area contributed by atoms with Gasteiger partial charge in [-0.3, -0.25) is 9.36 Å². The van der Waals surface area contributed by atoms with Gasteiger partial charge in [0, 0.05) is 23.3 Å². The van der Waals surface area contributed by atoms with Gasteiger partial charge in [-0.15, -0.1) is 0 Å². The molecule has 0 aliphatic carbocycles. The minimum atomic E-state index is -3.57. The first-order valence-electron chi connectivity index (χ1n) is 11.6. The second-order valence-electron chi connectivity index (χ2n) is 8.38. The molecule has 0 spiro atoms. The Morgan fingerprint density at radius 2 is 1.92 bits per heavy atom. The quantitative estimate of drug-likeness (QED) is 0.236. The molecule has 0 saturated carbocycles. The Bertz CT molecular complexity index is 1300. The lowest BCUT2D eigenvalue weighted by molar-refractivity contribution is -0.124. The van der Waals surface area contributed by atoms with Crippen LogP contribution in [0, 0.1) is 18.3 Å². The van der Waals surface area contributed by atoms with Crippen LogP contribution in [0.2, 0.25) is 5.02 Å². The number of nitriles is 1. The number of anilines is 2. The SMILES string of the molecule is C=CC(=C)C#N.CC.CC/C=C(\C)C[C@]1(C)C(=O)N(c2cc(C)cc(Cl)c2)c2ncc(S(C)(=O)=O)n21. The molecule has 194 valence electrons. The predicted molar refractivity (Wildman–Crippen MR) is 147 cm³/mol. The van der Waals surface area contributed by atoms with E-state index in [1.807, 2.05) is 46.8 Å². The number of rotatable bonds is 6. The number of benzene rings is 1. The molecular weight excluding hydrogens is 496 g/mol. The lowest BCUT2D eigenvalue weighted by Crippen LogP contribution is -2.40. The molecule has 0 fully saturated rings. The number of aryl methyl sites for hydroxylation is 1. The number of hydrogen-bond donors (Lipinski definition) is 0. The number of fused-ring (bicyclic) bond motifs is 1. The fourth-order valence-corrected chi connectivity index (χ4v) is 5.02. The highest BCUT2D eigenvalue weighted by Crippen LogP contribution is 2.45. The number of allylic oxidation sites excluding steroid dienone is 4. The lowest BCUT2D eigenvalue weighted by atomic mass is 9.92. The first-order valence-corrected chi connectivity index (χ1v) is 13.8. The van der Waals surface area contributed by atoms with Gasteiger partial charge in [-0.25, -0.2) is 18.3 Å². The summed E-state index contributed by atoms with van der Waals surface area (Å²) in [5.74, 6) is 0.0601. The maximum atomic E-state index is 13.6. The minimum Gasteiger partial charge on any atom is -0.285 e. The number of sulfone groups is 1. The van der Waals surface area contributed by atoms with Crippen LogP contribution in [0.3, 0.4) is 0 Å². The van der Waals surface area contributed by atoms with Crippen molar-refractivity contribution in [3.8, 4) is 6.07 Å². The van der Waals surface area contributed by atoms with Gasteiger partial charge in [-0.05, 0) is 51.0 Å². The van der Waals surface area contributed by atoms with Crippen LogP contribution in [0.4, 0.5) is 11.6 Å². The molecule has 2 heterocycles. The number of halogens is 1. The monoisotopic (exact) mass is 530 g/mol. The zero-order valence-electron chi connectivity index (χ0n) is 22.1. The van der Waals surface area contributed by atoms with Gasteiger partial charge in [0.25, 0.3) is 5.91 Å². The number of carbonyl (C=O) groups excluding carboxylic acids is 1. The molecule has 0 saturated heterocycles. The smallest absolute Gasteiger partial charge is 0.260 e. The van der Waals surface area contributed by atoms with E-state index in [9.17, 15) is 13.2 Å². The second kappa shape index (κ2) is 12.7. The number of carbonyl (C=O) groups is 1. The Kier molecular flexibility index (Phi) is 10.9. The first kappa shape index (κ1) is 30.9. The summed E-state index contributed by atoms with van der Waals surface area (Å²) in [6, 6.07) is 7.12. The number of imidazole rings is 1. The topological polar surface area (TPSA) is 96.1 Å². The Morgan fingerprint density at radius 3 is 2.36 bits per heavy atom. The van der Waals surface area contributed by atoms with Gasteiger partial charge in [0.15, 0.2) is 14.9 Å². The zero-order chi connectivity index (χ0) is 27.8. The third-order valence-electron chi connectivity index (χ3n) is 5.30. The maximum absolute atomic E-state index is 13.6. The molecule has 7 nitrogen and oxygen atoms in total. The summed E-state index contributed by atoms with van der Waals surface area (Å²) >= 11 is 6.21. The third kappa shape index (κ3) is 6.74. The summed E-state index contributed by atoms with van der Waals surface area (Å²) in [5.41, 5.74) is 1.79. The molecule has 36 heavy (non-hydrogen) atoms. The highest BCUT2D eigenvalue weighted by atomic mass is 35.5. The maximum Gasteiger partial charge on any atom is 0.260 e. The van der Waals surface area contributed by atoms with E-state index >= 15 is 0 Å². The molecule has 2 aromatic rings. The van der Waals surface area contributed by atoms with Gasteiger partial charge >= 0.3 is 0 Å². The van der Waals surface area contributed by atoms with Gasteiger partial charge < -0.3 is 0 Å². The van der Waals surface area contributed by atoms with Gasteiger partial charge in [-0.1, -0.05) is 63.3 Å². The minimum absolute atomic E-state index is 0.0314. The van der Waals surface area contributed by atoms with Crippen LogP contribution in [0.15, 0.2) is 65.9 Å². The molecule has 1 amide bonds. The van der Waals surface area contributed by atoms with Crippen molar-refractivity contribution in [3.63, 3.8) is 0 Å². The first-order chi connectivity index (χ1) is 16.8. The van der Waals surface area contributed by atoms with Crippen LogP contribution in [0.1, 0.15) is 53.0 Å². The van der Waals surface area contributed by atoms with Crippen molar-refractivity contribution in [3.05, 3.63) is 71.4 Å². The normalized spacial score (nSPS) is 16.7. The summed E-state index contributed by atoms with van der Waals surface area (Å²) in [4.78, 5) is 19.4. The summed E-state index contributed by atoms with van der Waals surface area (Å²) in [6.45, 7) is 18.2. The molecule has 1 aromatic heterocycles. The second-order valence-corrected chi connectivity index (χ2v) is 10.8. The molecule has 0 unspecified atom stereocenters.